The summed E-state index contributed by atoms with van der Waals surface area (Å²) in [4.78, 5) is 12.4. The van der Waals surface area contributed by atoms with Gasteiger partial charge in [-0.1, -0.05) is 17.7 Å². The van der Waals surface area contributed by atoms with Crippen molar-refractivity contribution in [3.8, 4) is 6.07 Å². The molecule has 0 saturated carbocycles. The van der Waals surface area contributed by atoms with Crippen LogP contribution < -0.4 is 5.32 Å². The number of nitrogens with one attached hydrogen (secondary N) is 1. The number of benzene rings is 2. The molecule has 1 amide bonds. The summed E-state index contributed by atoms with van der Waals surface area (Å²) in [5.41, 5.74) is 3.81. The number of aryl methyl sites for hydroxylation is 3. The Morgan fingerprint density at radius 2 is 1.76 bits per heavy atom. The molecule has 0 heterocycles. The van der Waals surface area contributed by atoms with Crippen molar-refractivity contribution in [2.24, 2.45) is 0 Å². The number of rotatable bonds is 2. The minimum absolute atomic E-state index is 0.103. The van der Waals surface area contributed by atoms with E-state index in [-0.39, 0.29) is 11.5 Å². The number of halogens is 1. The molecule has 0 saturated heterocycles. The minimum Gasteiger partial charge on any atom is -0.321 e. The topological polar surface area (TPSA) is 52.9 Å². The van der Waals surface area contributed by atoms with Crippen LogP contribution in [-0.2, 0) is 0 Å². The molecule has 0 fully saturated rings. The van der Waals surface area contributed by atoms with Crippen LogP contribution in [0.1, 0.15) is 32.6 Å². The predicted molar refractivity (Wildman–Crippen MR) is 79.7 cm³/mol. The van der Waals surface area contributed by atoms with Gasteiger partial charge in [-0.2, -0.15) is 5.26 Å². The van der Waals surface area contributed by atoms with Gasteiger partial charge in [0.1, 0.15) is 11.9 Å². The second-order valence-electron chi connectivity index (χ2n) is 5.03. The lowest BCUT2D eigenvalue weighted by molar-refractivity contribution is 0.102. The van der Waals surface area contributed by atoms with Gasteiger partial charge in [-0.3, -0.25) is 4.79 Å². The maximum absolute atomic E-state index is 13.1. The maximum Gasteiger partial charge on any atom is 0.256 e. The standard InChI is InChI=1S/C17H15FN2O/c1-10-6-11(2)16(12(3)7-10)17(21)20-15-5-4-14(18)8-13(15)9-19/h4-8H,1-3H3,(H,20,21). The SMILES string of the molecule is Cc1cc(C)c(C(=O)Nc2ccc(F)cc2C#N)c(C)c1. The number of hydrogen-bond donors (Lipinski definition) is 1. The molecule has 1 N–H and O–H groups in total. The lowest BCUT2D eigenvalue weighted by Gasteiger charge is -2.12. The summed E-state index contributed by atoms with van der Waals surface area (Å²) in [5, 5.41) is 11.7. The zero-order valence-electron chi connectivity index (χ0n) is 12.1. The molecule has 0 aliphatic carbocycles. The van der Waals surface area contributed by atoms with Crippen molar-refractivity contribution in [2.75, 3.05) is 5.32 Å². The molecule has 4 heteroatoms. The second kappa shape index (κ2) is 5.76. The monoisotopic (exact) mass is 282 g/mol. The van der Waals surface area contributed by atoms with E-state index in [9.17, 15) is 9.18 Å². The lowest BCUT2D eigenvalue weighted by Crippen LogP contribution is -2.16. The Morgan fingerprint density at radius 1 is 1.14 bits per heavy atom. The molecule has 0 aliphatic rings. The molecule has 0 radical (unpaired) electrons. The number of hydrogen-bond acceptors (Lipinski definition) is 2. The Bertz CT molecular complexity index is 737. The van der Waals surface area contributed by atoms with E-state index in [0.29, 0.717) is 11.3 Å². The van der Waals surface area contributed by atoms with Crippen molar-refractivity contribution < 1.29 is 9.18 Å². The molecular weight excluding hydrogens is 267 g/mol. The highest BCUT2D eigenvalue weighted by molar-refractivity contribution is 6.06. The summed E-state index contributed by atoms with van der Waals surface area (Å²) in [6, 6.07) is 9.44. The van der Waals surface area contributed by atoms with Crippen LogP contribution in [0.5, 0.6) is 0 Å². The number of anilines is 1. The summed E-state index contributed by atoms with van der Waals surface area (Å²) in [7, 11) is 0. The van der Waals surface area contributed by atoms with Gasteiger partial charge in [-0.05, 0) is 50.1 Å². The van der Waals surface area contributed by atoms with Gasteiger partial charge in [0, 0.05) is 5.56 Å². The summed E-state index contributed by atoms with van der Waals surface area (Å²) >= 11 is 0. The fraction of sp³-hybridized carbons (Fsp3) is 0.176. The highest BCUT2D eigenvalue weighted by Gasteiger charge is 2.14. The van der Waals surface area contributed by atoms with Crippen LogP contribution in [0.25, 0.3) is 0 Å². The van der Waals surface area contributed by atoms with E-state index in [1.54, 1.807) is 0 Å². The number of nitriles is 1. The van der Waals surface area contributed by atoms with Crippen LogP contribution in [0, 0.1) is 37.9 Å². The van der Waals surface area contributed by atoms with Gasteiger partial charge in [0.25, 0.3) is 5.91 Å². The zero-order valence-corrected chi connectivity index (χ0v) is 12.1. The summed E-state index contributed by atoms with van der Waals surface area (Å²) in [6.45, 7) is 5.70. The molecule has 21 heavy (non-hydrogen) atoms. The normalized spacial score (nSPS) is 10.0. The smallest absolute Gasteiger partial charge is 0.256 e. The highest BCUT2D eigenvalue weighted by Crippen LogP contribution is 2.21. The van der Waals surface area contributed by atoms with Crippen LogP contribution in [0.2, 0.25) is 0 Å². The van der Waals surface area contributed by atoms with Gasteiger partial charge in [0.15, 0.2) is 0 Å². The first-order valence-electron chi connectivity index (χ1n) is 6.51. The van der Waals surface area contributed by atoms with E-state index in [1.165, 1.54) is 12.1 Å². The predicted octanol–water partition coefficient (Wildman–Crippen LogP) is 3.87. The van der Waals surface area contributed by atoms with Crippen LogP contribution >= 0.6 is 0 Å². The first-order valence-corrected chi connectivity index (χ1v) is 6.51. The third-order valence-corrected chi connectivity index (χ3v) is 3.25. The van der Waals surface area contributed by atoms with E-state index in [1.807, 2.05) is 39.0 Å². The molecule has 106 valence electrons. The van der Waals surface area contributed by atoms with Gasteiger partial charge in [-0.25, -0.2) is 4.39 Å². The maximum atomic E-state index is 13.1. The molecule has 0 bridgehead atoms. The Morgan fingerprint density at radius 3 is 2.33 bits per heavy atom. The number of amides is 1. The third kappa shape index (κ3) is 3.09. The van der Waals surface area contributed by atoms with Crippen LogP contribution in [0.15, 0.2) is 30.3 Å². The summed E-state index contributed by atoms with van der Waals surface area (Å²) in [5.74, 6) is -0.805. The minimum atomic E-state index is -0.507. The van der Waals surface area contributed by atoms with E-state index >= 15 is 0 Å². The lowest BCUT2D eigenvalue weighted by atomic mass is 9.99. The second-order valence-corrected chi connectivity index (χ2v) is 5.03. The van der Waals surface area contributed by atoms with Crippen molar-refractivity contribution in [1.29, 1.82) is 5.26 Å². The van der Waals surface area contributed by atoms with Gasteiger partial charge in [-0.15, -0.1) is 0 Å². The van der Waals surface area contributed by atoms with Crippen molar-refractivity contribution in [3.63, 3.8) is 0 Å². The van der Waals surface area contributed by atoms with Gasteiger partial charge in [0.2, 0.25) is 0 Å². The molecular formula is C17H15FN2O. The van der Waals surface area contributed by atoms with E-state index in [4.69, 9.17) is 5.26 Å². The molecule has 2 rings (SSSR count). The molecule has 0 unspecified atom stereocenters. The Labute approximate surface area is 123 Å². The molecule has 2 aromatic carbocycles. The van der Waals surface area contributed by atoms with Gasteiger partial charge >= 0.3 is 0 Å². The average molecular weight is 282 g/mol. The van der Waals surface area contributed by atoms with Crippen molar-refractivity contribution >= 4 is 11.6 Å². The summed E-state index contributed by atoms with van der Waals surface area (Å²) < 4.78 is 13.1. The van der Waals surface area contributed by atoms with Crippen LogP contribution in [0.3, 0.4) is 0 Å². The number of carbonyl (C=O) groups excluding carboxylic acids is 1. The highest BCUT2D eigenvalue weighted by atomic mass is 19.1. The average Bonchev–Trinajstić information content (AvgIpc) is 2.39. The first kappa shape index (κ1) is 14.7. The van der Waals surface area contributed by atoms with Gasteiger partial charge in [0.05, 0.1) is 11.3 Å². The van der Waals surface area contributed by atoms with Gasteiger partial charge < -0.3 is 5.32 Å². The molecule has 0 spiro atoms. The van der Waals surface area contributed by atoms with Crippen LogP contribution in [0.4, 0.5) is 10.1 Å². The Balaban J connectivity index is 2.38. The molecule has 0 aromatic heterocycles. The Kier molecular flexibility index (Phi) is 4.04. The molecule has 0 aliphatic heterocycles. The fourth-order valence-corrected chi connectivity index (χ4v) is 2.44. The van der Waals surface area contributed by atoms with Crippen molar-refractivity contribution in [1.82, 2.24) is 0 Å². The van der Waals surface area contributed by atoms with E-state index in [0.717, 1.165) is 22.8 Å². The number of carbonyl (C=O) groups is 1. The molecule has 3 nitrogen and oxygen atoms in total. The Hall–Kier alpha value is -2.67. The summed E-state index contributed by atoms with van der Waals surface area (Å²) in [6.07, 6.45) is 0. The van der Waals surface area contributed by atoms with Crippen molar-refractivity contribution in [2.45, 2.75) is 20.8 Å². The molecule has 2 aromatic rings. The fourth-order valence-electron chi connectivity index (χ4n) is 2.44. The largest absolute Gasteiger partial charge is 0.321 e. The molecule has 0 atom stereocenters. The first-order chi connectivity index (χ1) is 9.92. The number of nitrogens with zero attached hydrogens (tertiary/aromatic N) is 1. The third-order valence-electron chi connectivity index (χ3n) is 3.25. The van der Waals surface area contributed by atoms with E-state index < -0.39 is 5.82 Å². The van der Waals surface area contributed by atoms with Crippen LogP contribution in [-0.4, -0.2) is 5.91 Å². The zero-order chi connectivity index (χ0) is 15.6. The van der Waals surface area contributed by atoms with Crippen molar-refractivity contribution in [3.05, 3.63) is 64.0 Å². The quantitative estimate of drug-likeness (QED) is 0.909. The van der Waals surface area contributed by atoms with E-state index in [2.05, 4.69) is 5.32 Å².